The molecule has 2 heterocycles. The minimum Gasteiger partial charge on any atom is -0.497 e. The van der Waals surface area contributed by atoms with Crippen LogP contribution in [0.1, 0.15) is 36.9 Å². The maximum absolute atomic E-state index is 13.1. The third-order valence-electron chi connectivity index (χ3n) is 5.49. The first-order valence-corrected chi connectivity index (χ1v) is 9.43. The van der Waals surface area contributed by atoms with Crippen LogP contribution in [0.4, 0.5) is 0 Å². The zero-order valence-electron chi connectivity index (χ0n) is 15.5. The van der Waals surface area contributed by atoms with Crippen molar-refractivity contribution < 1.29 is 9.53 Å². The molecule has 0 aliphatic heterocycles. The number of methoxy groups -OCH3 is 1. The summed E-state index contributed by atoms with van der Waals surface area (Å²) in [5.41, 5.74) is 1.58. The summed E-state index contributed by atoms with van der Waals surface area (Å²) in [5.74, 6) is 1.61. The second-order valence-corrected chi connectivity index (χ2v) is 7.08. The molecule has 27 heavy (non-hydrogen) atoms. The number of nitrogens with zero attached hydrogens (tertiary/aromatic N) is 3. The number of fused-ring (bicyclic) bond motifs is 1. The van der Waals surface area contributed by atoms with E-state index in [0.717, 1.165) is 42.7 Å². The van der Waals surface area contributed by atoms with E-state index in [1.165, 1.54) is 0 Å². The molecule has 0 atom stereocenters. The lowest BCUT2D eigenvalue weighted by Crippen LogP contribution is -2.43. The number of benzene rings is 1. The summed E-state index contributed by atoms with van der Waals surface area (Å²) in [6, 6.07) is 9.80. The topological polar surface area (TPSA) is 68.5 Å². The van der Waals surface area contributed by atoms with Gasteiger partial charge in [-0.2, -0.15) is 0 Å². The van der Waals surface area contributed by atoms with Crippen LogP contribution in [0.2, 0.25) is 0 Å². The van der Waals surface area contributed by atoms with Gasteiger partial charge in [-0.15, -0.1) is 0 Å². The standard InChI is InChI=1S/C21H24N4O2/c1-27-18-7-5-16(6-8-18)21(10-2-3-11-21)19(26)22-13-9-17-15-25-14-4-12-23-20(25)24-17/h4-8,12,14-15H,2-3,9-11,13H2,1H3,(H,22,26). The number of hydrogen-bond donors (Lipinski definition) is 1. The van der Waals surface area contributed by atoms with Crippen LogP contribution >= 0.6 is 0 Å². The number of nitrogens with one attached hydrogen (secondary N) is 1. The van der Waals surface area contributed by atoms with Crippen molar-refractivity contribution in [1.82, 2.24) is 19.7 Å². The van der Waals surface area contributed by atoms with Gasteiger partial charge in [0, 0.05) is 31.6 Å². The molecule has 6 nitrogen and oxygen atoms in total. The number of rotatable bonds is 6. The van der Waals surface area contributed by atoms with Gasteiger partial charge in [-0.25, -0.2) is 9.97 Å². The van der Waals surface area contributed by atoms with Gasteiger partial charge in [0.25, 0.3) is 0 Å². The van der Waals surface area contributed by atoms with Crippen LogP contribution in [0.25, 0.3) is 5.78 Å². The molecular formula is C21H24N4O2. The van der Waals surface area contributed by atoms with Crippen LogP contribution in [-0.2, 0) is 16.6 Å². The summed E-state index contributed by atoms with van der Waals surface area (Å²) < 4.78 is 7.15. The summed E-state index contributed by atoms with van der Waals surface area (Å²) in [7, 11) is 1.65. The monoisotopic (exact) mass is 364 g/mol. The van der Waals surface area contributed by atoms with E-state index in [9.17, 15) is 4.79 Å². The molecule has 2 aromatic heterocycles. The maximum atomic E-state index is 13.1. The number of amides is 1. The summed E-state index contributed by atoms with van der Waals surface area (Å²) in [4.78, 5) is 21.8. The van der Waals surface area contributed by atoms with Crippen LogP contribution in [0, 0.1) is 0 Å². The van der Waals surface area contributed by atoms with Gasteiger partial charge in [0.2, 0.25) is 11.7 Å². The van der Waals surface area contributed by atoms with Gasteiger partial charge in [-0.1, -0.05) is 25.0 Å². The molecule has 1 amide bonds. The molecule has 1 saturated carbocycles. The number of ether oxygens (including phenoxy) is 1. The largest absolute Gasteiger partial charge is 0.497 e. The fourth-order valence-corrected chi connectivity index (χ4v) is 4.01. The van der Waals surface area contributed by atoms with Crippen molar-refractivity contribution in [2.24, 2.45) is 0 Å². The Bertz CT molecular complexity index is 894. The molecule has 1 N–H and O–H groups in total. The Balaban J connectivity index is 1.44. The zero-order chi connectivity index (χ0) is 18.7. The van der Waals surface area contributed by atoms with Gasteiger partial charge in [0.15, 0.2) is 0 Å². The van der Waals surface area contributed by atoms with Crippen molar-refractivity contribution in [3.63, 3.8) is 0 Å². The minimum absolute atomic E-state index is 0.118. The van der Waals surface area contributed by atoms with Crippen LogP contribution in [-0.4, -0.2) is 33.9 Å². The molecule has 0 unspecified atom stereocenters. The van der Waals surface area contributed by atoms with E-state index in [0.29, 0.717) is 18.7 Å². The van der Waals surface area contributed by atoms with E-state index in [1.54, 1.807) is 13.3 Å². The van der Waals surface area contributed by atoms with Crippen LogP contribution in [0.3, 0.4) is 0 Å². The second-order valence-electron chi connectivity index (χ2n) is 7.08. The number of aromatic nitrogens is 3. The zero-order valence-corrected chi connectivity index (χ0v) is 15.5. The van der Waals surface area contributed by atoms with Crippen molar-refractivity contribution in [3.05, 3.63) is 60.2 Å². The molecule has 1 aromatic carbocycles. The number of hydrogen-bond acceptors (Lipinski definition) is 4. The van der Waals surface area contributed by atoms with E-state index >= 15 is 0 Å². The Kier molecular flexibility index (Phi) is 4.79. The predicted molar refractivity (Wildman–Crippen MR) is 103 cm³/mol. The van der Waals surface area contributed by atoms with E-state index in [-0.39, 0.29) is 5.91 Å². The predicted octanol–water partition coefficient (Wildman–Crippen LogP) is 2.91. The first-order valence-electron chi connectivity index (χ1n) is 9.43. The molecule has 0 bridgehead atoms. The summed E-state index contributed by atoms with van der Waals surface area (Å²) in [6.45, 7) is 0.570. The summed E-state index contributed by atoms with van der Waals surface area (Å²) in [6.07, 6.45) is 10.3. The van der Waals surface area contributed by atoms with Gasteiger partial charge in [0.1, 0.15) is 5.75 Å². The van der Waals surface area contributed by atoms with E-state index < -0.39 is 5.41 Å². The van der Waals surface area contributed by atoms with Crippen molar-refractivity contribution in [2.45, 2.75) is 37.5 Å². The highest BCUT2D eigenvalue weighted by atomic mass is 16.5. The Morgan fingerprint density at radius 3 is 2.74 bits per heavy atom. The Morgan fingerprint density at radius 1 is 1.26 bits per heavy atom. The van der Waals surface area contributed by atoms with Crippen molar-refractivity contribution in [2.75, 3.05) is 13.7 Å². The molecule has 3 aromatic rings. The molecule has 6 heteroatoms. The lowest BCUT2D eigenvalue weighted by Gasteiger charge is -2.28. The van der Waals surface area contributed by atoms with Gasteiger partial charge in [0.05, 0.1) is 18.2 Å². The van der Waals surface area contributed by atoms with Crippen LogP contribution < -0.4 is 10.1 Å². The first kappa shape index (κ1) is 17.5. The Morgan fingerprint density at radius 2 is 2.04 bits per heavy atom. The SMILES string of the molecule is COc1ccc(C2(C(=O)NCCc3cn4cccnc4n3)CCCC2)cc1. The number of carbonyl (C=O) groups excluding carboxylic acids is 1. The molecule has 1 aliphatic rings. The van der Waals surface area contributed by atoms with Gasteiger partial charge < -0.3 is 10.1 Å². The number of carbonyl (C=O) groups is 1. The molecule has 0 saturated heterocycles. The highest BCUT2D eigenvalue weighted by Crippen LogP contribution is 2.41. The molecule has 1 fully saturated rings. The highest BCUT2D eigenvalue weighted by molar-refractivity contribution is 5.88. The van der Waals surface area contributed by atoms with E-state index in [1.807, 2.05) is 47.1 Å². The lowest BCUT2D eigenvalue weighted by atomic mass is 9.78. The third kappa shape index (κ3) is 3.39. The quantitative estimate of drug-likeness (QED) is 0.730. The van der Waals surface area contributed by atoms with E-state index in [4.69, 9.17) is 4.74 Å². The fraction of sp³-hybridized carbons (Fsp3) is 0.381. The summed E-state index contributed by atoms with van der Waals surface area (Å²) >= 11 is 0. The lowest BCUT2D eigenvalue weighted by molar-refractivity contribution is -0.126. The first-order chi connectivity index (χ1) is 13.2. The van der Waals surface area contributed by atoms with Crippen molar-refractivity contribution in [1.29, 1.82) is 0 Å². The van der Waals surface area contributed by atoms with Crippen LogP contribution in [0.15, 0.2) is 48.9 Å². The fourth-order valence-electron chi connectivity index (χ4n) is 4.01. The molecular weight excluding hydrogens is 340 g/mol. The van der Waals surface area contributed by atoms with Gasteiger partial charge >= 0.3 is 0 Å². The average molecular weight is 364 g/mol. The van der Waals surface area contributed by atoms with E-state index in [2.05, 4.69) is 15.3 Å². The average Bonchev–Trinajstić information content (AvgIpc) is 3.35. The number of imidazole rings is 1. The van der Waals surface area contributed by atoms with Crippen LogP contribution in [0.5, 0.6) is 5.75 Å². The smallest absolute Gasteiger partial charge is 0.233 e. The summed E-state index contributed by atoms with van der Waals surface area (Å²) in [5, 5.41) is 3.15. The van der Waals surface area contributed by atoms with Crippen molar-refractivity contribution in [3.8, 4) is 5.75 Å². The van der Waals surface area contributed by atoms with Gasteiger partial charge in [-0.05, 0) is 36.6 Å². The highest BCUT2D eigenvalue weighted by Gasteiger charge is 2.42. The van der Waals surface area contributed by atoms with Crippen molar-refractivity contribution >= 4 is 11.7 Å². The van der Waals surface area contributed by atoms with Gasteiger partial charge in [-0.3, -0.25) is 9.20 Å². The second kappa shape index (κ2) is 7.39. The molecule has 0 radical (unpaired) electrons. The molecule has 140 valence electrons. The normalized spacial score (nSPS) is 15.7. The molecule has 4 rings (SSSR count). The Labute approximate surface area is 158 Å². The molecule has 0 spiro atoms. The molecule has 1 aliphatic carbocycles. The minimum atomic E-state index is -0.424. The maximum Gasteiger partial charge on any atom is 0.233 e. The Hall–Kier alpha value is -2.89. The third-order valence-corrected chi connectivity index (χ3v) is 5.49.